The molecule has 1 aromatic heterocycles. The van der Waals surface area contributed by atoms with Crippen LogP contribution in [0.4, 0.5) is 26.3 Å². The van der Waals surface area contributed by atoms with Gasteiger partial charge in [-0.15, -0.1) is 0 Å². The smallest absolute Gasteiger partial charge is 0.419 e. The molecule has 0 radical (unpaired) electrons. The fraction of sp³-hybridized carbons (Fsp3) is 0.182. The summed E-state index contributed by atoms with van der Waals surface area (Å²) in [7, 11) is 1.92. The molecule has 0 aliphatic heterocycles. The number of pyridine rings is 1. The number of hydrogen-bond donors (Lipinski definition) is 1. The number of rotatable bonds is 5. The number of nitrogens with one attached hydrogen (secondary N) is 1. The summed E-state index contributed by atoms with van der Waals surface area (Å²) in [5.41, 5.74) is -4.00. The first kappa shape index (κ1) is 24.7. The van der Waals surface area contributed by atoms with Gasteiger partial charge in [0, 0.05) is 17.3 Å². The van der Waals surface area contributed by atoms with Crippen molar-refractivity contribution in [2.24, 2.45) is 0 Å². The molecule has 6 nitrogen and oxygen atoms in total. The number of carbonyl (C=O) groups is 1. The van der Waals surface area contributed by atoms with Gasteiger partial charge in [-0.1, -0.05) is 0 Å². The zero-order valence-corrected chi connectivity index (χ0v) is 17.7. The maximum atomic E-state index is 14.5. The average molecular weight is 487 g/mol. The van der Waals surface area contributed by atoms with Crippen LogP contribution in [0.1, 0.15) is 21.6 Å². The first-order valence-electron chi connectivity index (χ1n) is 9.32. The van der Waals surface area contributed by atoms with Crippen molar-refractivity contribution in [3.05, 3.63) is 74.8 Å². The third-order valence-corrected chi connectivity index (χ3v) is 4.64. The Balaban J connectivity index is 2.37. The lowest BCUT2D eigenvalue weighted by atomic mass is 10.0. The molecule has 12 heteroatoms. The van der Waals surface area contributed by atoms with Gasteiger partial charge in [0.15, 0.2) is 17.0 Å². The van der Waals surface area contributed by atoms with Crippen LogP contribution in [0.25, 0.3) is 11.3 Å². The molecule has 1 heterocycles. The molecule has 0 spiro atoms. The second kappa shape index (κ2) is 9.12. The molecule has 0 unspecified atom stereocenters. The van der Waals surface area contributed by atoms with Crippen molar-refractivity contribution in [2.45, 2.75) is 13.1 Å². The van der Waals surface area contributed by atoms with Crippen LogP contribution in [0.15, 0.2) is 35.1 Å². The largest absolute Gasteiger partial charge is 0.490 e. The van der Waals surface area contributed by atoms with E-state index in [1.54, 1.807) is 0 Å². The van der Waals surface area contributed by atoms with Crippen molar-refractivity contribution in [1.29, 1.82) is 0 Å². The molecule has 1 N–H and O–H groups in total. The molecule has 0 atom stereocenters. The first-order chi connectivity index (χ1) is 15.9. The molecular formula is C22H15F6NO5. The van der Waals surface area contributed by atoms with Gasteiger partial charge >= 0.3 is 12.1 Å². The summed E-state index contributed by atoms with van der Waals surface area (Å²) in [6, 6.07) is 3.18. The van der Waals surface area contributed by atoms with E-state index in [-0.39, 0.29) is 11.8 Å². The van der Waals surface area contributed by atoms with Crippen LogP contribution in [-0.2, 0) is 10.9 Å². The number of hydrogen-bond acceptors (Lipinski definition) is 5. The molecule has 0 saturated carbocycles. The zero-order chi connectivity index (χ0) is 25.4. The van der Waals surface area contributed by atoms with Crippen LogP contribution in [0.5, 0.6) is 17.2 Å². The Bertz CT molecular complexity index is 1330. The quantitative estimate of drug-likeness (QED) is 0.387. The van der Waals surface area contributed by atoms with E-state index in [0.29, 0.717) is 12.1 Å². The van der Waals surface area contributed by atoms with Gasteiger partial charge in [0.2, 0.25) is 11.6 Å². The molecule has 0 amide bonds. The number of alkyl halides is 3. The molecule has 0 aliphatic rings. The molecule has 0 fully saturated rings. The Morgan fingerprint density at radius 3 is 2.24 bits per heavy atom. The van der Waals surface area contributed by atoms with E-state index < -0.39 is 74.7 Å². The van der Waals surface area contributed by atoms with E-state index in [1.165, 1.54) is 6.92 Å². The fourth-order valence-corrected chi connectivity index (χ4v) is 3.15. The van der Waals surface area contributed by atoms with Crippen molar-refractivity contribution in [3.63, 3.8) is 0 Å². The fourth-order valence-electron chi connectivity index (χ4n) is 3.15. The molecule has 3 rings (SSSR count). The highest BCUT2D eigenvalue weighted by molar-refractivity contribution is 5.97. The van der Waals surface area contributed by atoms with Crippen LogP contribution in [0.2, 0.25) is 0 Å². The third kappa shape index (κ3) is 4.56. The molecule has 2 aromatic carbocycles. The van der Waals surface area contributed by atoms with Gasteiger partial charge in [-0.3, -0.25) is 4.79 Å². The summed E-state index contributed by atoms with van der Waals surface area (Å²) in [6.45, 7) is 1.41. The second-order valence-corrected chi connectivity index (χ2v) is 6.88. The lowest BCUT2D eigenvalue weighted by Crippen LogP contribution is -2.19. The van der Waals surface area contributed by atoms with Gasteiger partial charge in [-0.2, -0.15) is 17.6 Å². The van der Waals surface area contributed by atoms with E-state index in [0.717, 1.165) is 26.4 Å². The van der Waals surface area contributed by atoms with Crippen LogP contribution in [-0.4, -0.2) is 25.2 Å². The van der Waals surface area contributed by atoms with Crippen molar-refractivity contribution in [1.82, 2.24) is 4.98 Å². The standard InChI is InChI=1S/C22H15F6NO5/c1-9-6-14(30)17(21(31)33-3)19(29-9)10-7-13(24)11(22(26,27)28)8-16(10)34-15-5-4-12(23)18(25)20(15)32-2/h4-8H,1-3H3,(H,29,30). The highest BCUT2D eigenvalue weighted by atomic mass is 19.4. The van der Waals surface area contributed by atoms with E-state index in [1.807, 2.05) is 0 Å². The number of aromatic amines is 1. The number of halogens is 6. The van der Waals surface area contributed by atoms with Gasteiger partial charge in [-0.25, -0.2) is 13.6 Å². The maximum Gasteiger partial charge on any atom is 0.419 e. The van der Waals surface area contributed by atoms with E-state index in [9.17, 15) is 35.9 Å². The molecule has 0 saturated heterocycles. The second-order valence-electron chi connectivity index (χ2n) is 6.88. The van der Waals surface area contributed by atoms with Crippen LogP contribution >= 0.6 is 0 Å². The summed E-state index contributed by atoms with van der Waals surface area (Å²) in [5, 5.41) is 0. The molecule has 3 aromatic rings. The third-order valence-electron chi connectivity index (χ3n) is 4.64. The minimum absolute atomic E-state index is 0.171. The zero-order valence-electron chi connectivity index (χ0n) is 17.7. The normalized spacial score (nSPS) is 11.3. The molecule has 0 aliphatic carbocycles. The summed E-state index contributed by atoms with van der Waals surface area (Å²) in [4.78, 5) is 27.3. The summed E-state index contributed by atoms with van der Waals surface area (Å²) in [5.74, 6) is -7.80. The Kier molecular flexibility index (Phi) is 6.62. The lowest BCUT2D eigenvalue weighted by molar-refractivity contribution is -0.140. The summed E-state index contributed by atoms with van der Waals surface area (Å²) < 4.78 is 97.1. The highest BCUT2D eigenvalue weighted by Gasteiger charge is 2.36. The van der Waals surface area contributed by atoms with Crippen molar-refractivity contribution in [3.8, 4) is 28.5 Å². The van der Waals surface area contributed by atoms with Crippen LogP contribution < -0.4 is 14.9 Å². The summed E-state index contributed by atoms with van der Waals surface area (Å²) >= 11 is 0. The number of H-pyrrole nitrogens is 1. The van der Waals surface area contributed by atoms with E-state index in [2.05, 4.69) is 9.72 Å². The summed E-state index contributed by atoms with van der Waals surface area (Å²) in [6.07, 6.45) is -5.16. The number of ether oxygens (including phenoxy) is 3. The monoisotopic (exact) mass is 487 g/mol. The van der Waals surface area contributed by atoms with E-state index in [4.69, 9.17) is 9.47 Å². The Hall–Kier alpha value is -3.96. The number of esters is 1. The molecule has 34 heavy (non-hydrogen) atoms. The van der Waals surface area contributed by atoms with Crippen molar-refractivity contribution in [2.75, 3.05) is 14.2 Å². The van der Waals surface area contributed by atoms with E-state index >= 15 is 0 Å². The minimum atomic E-state index is -5.16. The predicted molar refractivity (Wildman–Crippen MR) is 107 cm³/mol. The number of carbonyl (C=O) groups excluding carboxylic acids is 1. The number of methoxy groups -OCH3 is 2. The van der Waals surface area contributed by atoms with Gasteiger partial charge in [-0.05, 0) is 31.2 Å². The minimum Gasteiger partial charge on any atom is -0.490 e. The molecular weight excluding hydrogens is 472 g/mol. The number of aryl methyl sites for hydroxylation is 1. The van der Waals surface area contributed by atoms with Gasteiger partial charge in [0.25, 0.3) is 0 Å². The number of aromatic nitrogens is 1. The Morgan fingerprint density at radius 1 is 0.971 bits per heavy atom. The number of benzene rings is 2. The average Bonchev–Trinajstić information content (AvgIpc) is 2.75. The van der Waals surface area contributed by atoms with Crippen molar-refractivity contribution < 1.29 is 45.3 Å². The van der Waals surface area contributed by atoms with Crippen molar-refractivity contribution >= 4 is 5.97 Å². The van der Waals surface area contributed by atoms with Gasteiger partial charge < -0.3 is 19.2 Å². The Morgan fingerprint density at radius 2 is 1.65 bits per heavy atom. The highest BCUT2D eigenvalue weighted by Crippen LogP contribution is 2.43. The van der Waals surface area contributed by atoms with Crippen LogP contribution in [0, 0.1) is 24.4 Å². The maximum absolute atomic E-state index is 14.5. The van der Waals surface area contributed by atoms with Gasteiger partial charge in [0.1, 0.15) is 17.1 Å². The molecule has 180 valence electrons. The first-order valence-corrected chi connectivity index (χ1v) is 9.32. The SMILES string of the molecule is COC(=O)c1c(-c2cc(F)c(C(F)(F)F)cc2Oc2ccc(F)c(F)c2OC)[nH]c(C)cc1=O. The van der Waals surface area contributed by atoms with Crippen LogP contribution in [0.3, 0.4) is 0 Å². The predicted octanol–water partition coefficient (Wildman–Crippen LogP) is 5.37. The Labute approximate surface area is 187 Å². The topological polar surface area (TPSA) is 77.6 Å². The lowest BCUT2D eigenvalue weighted by Gasteiger charge is -2.18. The molecule has 0 bridgehead atoms. The van der Waals surface area contributed by atoms with Gasteiger partial charge in [0.05, 0.1) is 25.5 Å².